The number of hydrogen-bond acceptors (Lipinski definition) is 2. The van der Waals surface area contributed by atoms with Crippen molar-refractivity contribution in [3.63, 3.8) is 0 Å². The second-order valence-corrected chi connectivity index (χ2v) is 5.59. The summed E-state index contributed by atoms with van der Waals surface area (Å²) in [6.07, 6.45) is 3.78. The van der Waals surface area contributed by atoms with E-state index in [1.165, 1.54) is 12.1 Å². The summed E-state index contributed by atoms with van der Waals surface area (Å²) in [5.41, 5.74) is -0.0729. The highest BCUT2D eigenvalue weighted by Crippen LogP contribution is 2.48. The number of nitrogens with zero attached hydrogens (tertiary/aromatic N) is 1. The van der Waals surface area contributed by atoms with Gasteiger partial charge in [-0.05, 0) is 36.5 Å². The van der Waals surface area contributed by atoms with Gasteiger partial charge in [0.25, 0.3) is 0 Å². The van der Waals surface area contributed by atoms with Crippen molar-refractivity contribution in [3.8, 4) is 6.07 Å². The lowest BCUT2D eigenvalue weighted by Crippen LogP contribution is -2.33. The summed E-state index contributed by atoms with van der Waals surface area (Å²) in [5.74, 6) is 0.181. The predicted molar refractivity (Wildman–Crippen MR) is 71.7 cm³/mol. The average Bonchev–Trinajstić information content (AvgIpc) is 2.47. The van der Waals surface area contributed by atoms with Crippen molar-refractivity contribution in [2.45, 2.75) is 45.1 Å². The first-order valence-corrected chi connectivity index (χ1v) is 6.96. The van der Waals surface area contributed by atoms with Gasteiger partial charge < -0.3 is 5.11 Å². The second-order valence-electron chi connectivity index (χ2n) is 5.59. The Bertz CT molecular complexity index is 465. The minimum atomic E-state index is -0.826. The van der Waals surface area contributed by atoms with Crippen molar-refractivity contribution in [2.24, 2.45) is 11.3 Å². The van der Waals surface area contributed by atoms with Gasteiger partial charge in [0.2, 0.25) is 0 Å². The van der Waals surface area contributed by atoms with E-state index in [1.54, 1.807) is 12.1 Å². The van der Waals surface area contributed by atoms with Crippen molar-refractivity contribution >= 4 is 0 Å². The molecule has 1 aromatic rings. The first-order chi connectivity index (χ1) is 9.11. The predicted octanol–water partition coefficient (Wildman–Crippen LogP) is 3.97. The number of hydrogen-bond donors (Lipinski definition) is 1. The third-order valence-corrected chi connectivity index (χ3v) is 4.40. The van der Waals surface area contributed by atoms with Crippen LogP contribution in [0.2, 0.25) is 0 Å². The van der Waals surface area contributed by atoms with Crippen molar-refractivity contribution in [3.05, 3.63) is 35.6 Å². The summed E-state index contributed by atoms with van der Waals surface area (Å²) in [6, 6.07) is 8.18. The zero-order valence-corrected chi connectivity index (χ0v) is 11.3. The minimum Gasteiger partial charge on any atom is -0.387 e. The minimum absolute atomic E-state index is 0.322. The van der Waals surface area contributed by atoms with Crippen molar-refractivity contribution in [1.29, 1.82) is 5.26 Å². The summed E-state index contributed by atoms with van der Waals surface area (Å²) in [4.78, 5) is 0. The fraction of sp³-hybridized carbons (Fsp3) is 0.562. The lowest BCUT2D eigenvalue weighted by atomic mass is 9.65. The normalized spacial score (nSPS) is 28.6. The second kappa shape index (κ2) is 5.71. The first-order valence-electron chi connectivity index (χ1n) is 6.96. The van der Waals surface area contributed by atoms with Gasteiger partial charge in [0.05, 0.1) is 17.6 Å². The summed E-state index contributed by atoms with van der Waals surface area (Å²) in [6.45, 7) is 2.13. The molecule has 1 fully saturated rings. The van der Waals surface area contributed by atoms with E-state index in [9.17, 15) is 14.8 Å². The van der Waals surface area contributed by atoms with Crippen LogP contribution in [0.4, 0.5) is 4.39 Å². The highest BCUT2D eigenvalue weighted by atomic mass is 19.1. The molecule has 1 N–H and O–H groups in total. The molecule has 2 rings (SSSR count). The maximum atomic E-state index is 12.9. The molecule has 0 saturated heterocycles. The molecule has 0 heterocycles. The molecule has 0 spiro atoms. The maximum Gasteiger partial charge on any atom is 0.123 e. The van der Waals surface area contributed by atoms with Crippen LogP contribution in [0.3, 0.4) is 0 Å². The molecule has 3 atom stereocenters. The van der Waals surface area contributed by atoms with E-state index in [0.29, 0.717) is 11.5 Å². The van der Waals surface area contributed by atoms with Crippen LogP contribution in [0.1, 0.15) is 50.7 Å². The summed E-state index contributed by atoms with van der Waals surface area (Å²) in [5, 5.41) is 20.1. The molecule has 2 nitrogen and oxygen atoms in total. The number of halogens is 1. The third kappa shape index (κ3) is 2.79. The van der Waals surface area contributed by atoms with E-state index in [1.807, 2.05) is 0 Å². The number of benzene rings is 1. The molecule has 3 heteroatoms. The fourth-order valence-corrected chi connectivity index (χ4v) is 3.15. The molecule has 1 saturated carbocycles. The quantitative estimate of drug-likeness (QED) is 0.894. The van der Waals surface area contributed by atoms with E-state index in [0.717, 1.165) is 32.1 Å². The van der Waals surface area contributed by atoms with Gasteiger partial charge >= 0.3 is 0 Å². The van der Waals surface area contributed by atoms with Crippen LogP contribution in [-0.2, 0) is 0 Å². The van der Waals surface area contributed by atoms with Gasteiger partial charge in [0.1, 0.15) is 5.82 Å². The van der Waals surface area contributed by atoms with Crippen LogP contribution >= 0.6 is 0 Å². The zero-order valence-electron chi connectivity index (χ0n) is 11.3. The van der Waals surface area contributed by atoms with Gasteiger partial charge in [0.15, 0.2) is 0 Å². The van der Waals surface area contributed by atoms with E-state index < -0.39 is 11.5 Å². The van der Waals surface area contributed by atoms with Gasteiger partial charge in [-0.15, -0.1) is 0 Å². The summed E-state index contributed by atoms with van der Waals surface area (Å²) >= 11 is 0. The molecule has 0 aromatic heterocycles. The highest BCUT2D eigenvalue weighted by Gasteiger charge is 2.42. The van der Waals surface area contributed by atoms with Crippen LogP contribution in [0, 0.1) is 28.5 Å². The summed E-state index contributed by atoms with van der Waals surface area (Å²) < 4.78 is 12.9. The molecule has 0 amide bonds. The lowest BCUT2D eigenvalue weighted by Gasteiger charge is -2.39. The monoisotopic (exact) mass is 261 g/mol. The van der Waals surface area contributed by atoms with Gasteiger partial charge in [-0.3, -0.25) is 0 Å². The first kappa shape index (κ1) is 14.0. The Hall–Kier alpha value is -1.40. The fourth-order valence-electron chi connectivity index (χ4n) is 3.15. The molecular formula is C16H20FNO. The molecule has 3 unspecified atom stereocenters. The SMILES string of the molecule is CCC1CCCC(C#N)(C(O)c2ccc(F)cc2)C1. The highest BCUT2D eigenvalue weighted by molar-refractivity contribution is 5.24. The Balaban J connectivity index is 2.25. The van der Waals surface area contributed by atoms with Crippen LogP contribution in [0.5, 0.6) is 0 Å². The van der Waals surface area contributed by atoms with E-state index in [2.05, 4.69) is 13.0 Å². The maximum absolute atomic E-state index is 12.9. The smallest absolute Gasteiger partial charge is 0.123 e. The van der Waals surface area contributed by atoms with Crippen LogP contribution < -0.4 is 0 Å². The molecule has 1 aliphatic rings. The lowest BCUT2D eigenvalue weighted by molar-refractivity contribution is 0.0185. The molecule has 19 heavy (non-hydrogen) atoms. The average molecular weight is 261 g/mol. The van der Waals surface area contributed by atoms with Gasteiger partial charge in [-0.1, -0.05) is 38.3 Å². The van der Waals surface area contributed by atoms with E-state index in [-0.39, 0.29) is 5.82 Å². The Kier molecular flexibility index (Phi) is 4.21. The van der Waals surface area contributed by atoms with Crippen LogP contribution in [0.15, 0.2) is 24.3 Å². The van der Waals surface area contributed by atoms with Crippen LogP contribution in [-0.4, -0.2) is 5.11 Å². The molecule has 1 aromatic carbocycles. The number of aliphatic hydroxyl groups is 1. The van der Waals surface area contributed by atoms with Gasteiger partial charge in [-0.25, -0.2) is 4.39 Å². The summed E-state index contributed by atoms with van der Waals surface area (Å²) in [7, 11) is 0. The molecule has 0 aliphatic heterocycles. The molecule has 1 aliphatic carbocycles. The molecule has 102 valence electrons. The van der Waals surface area contributed by atoms with E-state index in [4.69, 9.17) is 0 Å². The molecular weight excluding hydrogens is 241 g/mol. The van der Waals surface area contributed by atoms with Gasteiger partial charge in [0, 0.05) is 0 Å². The van der Waals surface area contributed by atoms with Crippen molar-refractivity contribution < 1.29 is 9.50 Å². The van der Waals surface area contributed by atoms with E-state index >= 15 is 0 Å². The third-order valence-electron chi connectivity index (χ3n) is 4.40. The Morgan fingerprint density at radius 1 is 1.47 bits per heavy atom. The van der Waals surface area contributed by atoms with Crippen LogP contribution in [0.25, 0.3) is 0 Å². The standard InChI is InChI=1S/C16H20FNO/c1-2-12-4-3-9-16(10-12,11-18)15(19)13-5-7-14(17)8-6-13/h5-8,12,15,19H,2-4,9-10H2,1H3. The van der Waals surface area contributed by atoms with Crippen molar-refractivity contribution in [1.82, 2.24) is 0 Å². The Morgan fingerprint density at radius 2 is 2.16 bits per heavy atom. The van der Waals surface area contributed by atoms with Crippen molar-refractivity contribution in [2.75, 3.05) is 0 Å². The topological polar surface area (TPSA) is 44.0 Å². The molecule has 0 radical (unpaired) electrons. The largest absolute Gasteiger partial charge is 0.387 e. The zero-order chi connectivity index (χ0) is 13.9. The number of nitriles is 1. The molecule has 0 bridgehead atoms. The number of aliphatic hydroxyl groups excluding tert-OH is 1. The number of rotatable bonds is 3. The Morgan fingerprint density at radius 3 is 2.74 bits per heavy atom. The van der Waals surface area contributed by atoms with Gasteiger partial charge in [-0.2, -0.15) is 5.26 Å². The Labute approximate surface area is 113 Å².